The Morgan fingerprint density at radius 3 is 2.39 bits per heavy atom. The van der Waals surface area contributed by atoms with Gasteiger partial charge in [-0.15, -0.1) is 0 Å². The van der Waals surface area contributed by atoms with Gasteiger partial charge in [0.05, 0.1) is 29.4 Å². The maximum Gasteiger partial charge on any atom is 0.238 e. The van der Waals surface area contributed by atoms with Gasteiger partial charge in [-0.1, -0.05) is 40.9 Å². The summed E-state index contributed by atoms with van der Waals surface area (Å²) in [5, 5.41) is 4.57. The van der Waals surface area contributed by atoms with Crippen LogP contribution in [0.5, 0.6) is 5.75 Å². The van der Waals surface area contributed by atoms with Gasteiger partial charge in [0.25, 0.3) is 0 Å². The lowest BCUT2D eigenvalue weighted by atomic mass is 10.2. The quantitative estimate of drug-likeness (QED) is 0.720. The first kappa shape index (κ1) is 21.2. The number of carbonyl (C=O) groups is 1. The lowest BCUT2D eigenvalue weighted by Gasteiger charge is -2.34. The lowest BCUT2D eigenvalue weighted by Crippen LogP contribution is -2.48. The second-order valence-electron chi connectivity index (χ2n) is 6.69. The van der Waals surface area contributed by atoms with Crippen molar-refractivity contribution in [2.24, 2.45) is 0 Å². The summed E-state index contributed by atoms with van der Waals surface area (Å²) in [5.74, 6) is 0.502. The number of benzene rings is 2. The van der Waals surface area contributed by atoms with E-state index in [0.717, 1.165) is 38.3 Å². The molecule has 0 atom stereocenters. The summed E-state index contributed by atoms with van der Waals surface area (Å²) in [5.41, 5.74) is 1.71. The average molecular weight is 443 g/mol. The molecule has 1 aliphatic rings. The minimum absolute atomic E-state index is 0.0847. The molecule has 3 rings (SSSR count). The van der Waals surface area contributed by atoms with Crippen LogP contribution in [-0.2, 0) is 11.3 Å². The minimum atomic E-state index is -0.0847. The molecule has 0 aromatic heterocycles. The Bertz CT molecular complexity index is 839. The molecule has 150 valence electrons. The van der Waals surface area contributed by atoms with Crippen LogP contribution in [0.25, 0.3) is 0 Å². The van der Waals surface area contributed by atoms with Crippen molar-refractivity contribution in [1.82, 2.24) is 9.80 Å². The van der Waals surface area contributed by atoms with Crippen LogP contribution < -0.4 is 10.1 Å². The molecule has 1 heterocycles. The molecule has 1 N–H and O–H groups in total. The van der Waals surface area contributed by atoms with Crippen molar-refractivity contribution < 1.29 is 9.53 Å². The van der Waals surface area contributed by atoms with Crippen LogP contribution in [0.15, 0.2) is 36.4 Å². The molecule has 0 unspecified atom stereocenters. The first-order valence-corrected chi connectivity index (χ1v) is 10.1. The average Bonchev–Trinajstić information content (AvgIpc) is 2.66. The smallest absolute Gasteiger partial charge is 0.238 e. The Labute approximate surface area is 180 Å². The van der Waals surface area contributed by atoms with Crippen molar-refractivity contribution in [3.8, 4) is 5.75 Å². The zero-order valence-corrected chi connectivity index (χ0v) is 17.8. The highest BCUT2D eigenvalue weighted by atomic mass is 35.5. The maximum absolute atomic E-state index is 12.4. The van der Waals surface area contributed by atoms with Gasteiger partial charge in [-0.2, -0.15) is 0 Å². The van der Waals surface area contributed by atoms with Crippen LogP contribution >= 0.6 is 34.8 Å². The molecule has 0 bridgehead atoms. The highest BCUT2D eigenvalue weighted by Gasteiger charge is 2.20. The van der Waals surface area contributed by atoms with E-state index in [1.54, 1.807) is 25.3 Å². The van der Waals surface area contributed by atoms with E-state index >= 15 is 0 Å². The number of methoxy groups -OCH3 is 1. The van der Waals surface area contributed by atoms with Gasteiger partial charge in [0.15, 0.2) is 0 Å². The van der Waals surface area contributed by atoms with E-state index in [1.807, 2.05) is 18.2 Å². The van der Waals surface area contributed by atoms with Gasteiger partial charge in [0, 0.05) is 37.7 Å². The largest absolute Gasteiger partial charge is 0.495 e. The van der Waals surface area contributed by atoms with Crippen LogP contribution in [0.2, 0.25) is 15.1 Å². The van der Waals surface area contributed by atoms with Gasteiger partial charge in [0.2, 0.25) is 5.91 Å². The number of hydrogen-bond donors (Lipinski definition) is 1. The van der Waals surface area contributed by atoms with E-state index < -0.39 is 0 Å². The van der Waals surface area contributed by atoms with E-state index in [0.29, 0.717) is 33.0 Å². The summed E-state index contributed by atoms with van der Waals surface area (Å²) < 4.78 is 5.27. The number of halogens is 3. The van der Waals surface area contributed by atoms with Crippen LogP contribution in [-0.4, -0.2) is 55.5 Å². The topological polar surface area (TPSA) is 44.8 Å². The normalized spacial score (nSPS) is 15.4. The van der Waals surface area contributed by atoms with Crippen molar-refractivity contribution in [1.29, 1.82) is 0 Å². The minimum Gasteiger partial charge on any atom is -0.495 e. The molecule has 2 aromatic rings. The molecule has 8 heteroatoms. The van der Waals surface area contributed by atoms with Crippen molar-refractivity contribution in [2.75, 3.05) is 45.2 Å². The number of hydrogen-bond acceptors (Lipinski definition) is 4. The summed E-state index contributed by atoms with van der Waals surface area (Å²) in [4.78, 5) is 16.9. The monoisotopic (exact) mass is 441 g/mol. The molecule has 1 fully saturated rings. The van der Waals surface area contributed by atoms with E-state index in [1.165, 1.54) is 0 Å². The van der Waals surface area contributed by atoms with E-state index in [2.05, 4.69) is 15.1 Å². The first-order chi connectivity index (χ1) is 13.4. The van der Waals surface area contributed by atoms with Crippen molar-refractivity contribution in [3.05, 3.63) is 57.0 Å². The van der Waals surface area contributed by atoms with Crippen LogP contribution in [0.1, 0.15) is 5.56 Å². The summed E-state index contributed by atoms with van der Waals surface area (Å²) in [6, 6.07) is 10.9. The number of carbonyl (C=O) groups excluding carboxylic acids is 1. The third-order valence-corrected chi connectivity index (χ3v) is 5.63. The third kappa shape index (κ3) is 5.75. The molecule has 0 aliphatic carbocycles. The molecule has 1 saturated heterocycles. The number of nitrogens with zero attached hydrogens (tertiary/aromatic N) is 2. The molecule has 5 nitrogen and oxygen atoms in total. The van der Waals surface area contributed by atoms with Crippen LogP contribution in [0.3, 0.4) is 0 Å². The fraction of sp³-hybridized carbons (Fsp3) is 0.350. The molecule has 0 saturated carbocycles. The van der Waals surface area contributed by atoms with Crippen molar-refractivity contribution in [3.63, 3.8) is 0 Å². The summed E-state index contributed by atoms with van der Waals surface area (Å²) in [6.07, 6.45) is 0. The third-order valence-electron chi connectivity index (χ3n) is 4.66. The van der Waals surface area contributed by atoms with Gasteiger partial charge < -0.3 is 10.1 Å². The van der Waals surface area contributed by atoms with Gasteiger partial charge in [-0.3, -0.25) is 14.6 Å². The molecule has 28 heavy (non-hydrogen) atoms. The van der Waals surface area contributed by atoms with Crippen molar-refractivity contribution >= 4 is 46.4 Å². The highest BCUT2D eigenvalue weighted by molar-refractivity contribution is 6.42. The number of amides is 1. The molecule has 1 amide bonds. The Morgan fingerprint density at radius 1 is 1.00 bits per heavy atom. The van der Waals surface area contributed by atoms with Gasteiger partial charge in [-0.05, 0) is 35.9 Å². The SMILES string of the molecule is COc1ccc(Cl)cc1NC(=O)CN1CCN(Cc2ccc(Cl)c(Cl)c2)CC1. The summed E-state index contributed by atoms with van der Waals surface area (Å²) >= 11 is 18.1. The number of nitrogens with one attached hydrogen (secondary N) is 1. The Kier molecular flexibility index (Phi) is 7.43. The predicted octanol–water partition coefficient (Wildman–Crippen LogP) is 4.41. The zero-order chi connectivity index (χ0) is 20.1. The maximum atomic E-state index is 12.4. The molecular formula is C20H22Cl3N3O2. The fourth-order valence-corrected chi connectivity index (χ4v) is 3.67. The lowest BCUT2D eigenvalue weighted by molar-refractivity contribution is -0.117. The Balaban J connectivity index is 1.48. The number of ether oxygens (including phenoxy) is 1. The van der Waals surface area contributed by atoms with Gasteiger partial charge in [0.1, 0.15) is 5.75 Å². The van der Waals surface area contributed by atoms with Crippen LogP contribution in [0.4, 0.5) is 5.69 Å². The number of rotatable bonds is 6. The Morgan fingerprint density at radius 2 is 1.71 bits per heavy atom. The molecule has 0 spiro atoms. The zero-order valence-electron chi connectivity index (χ0n) is 15.6. The Hall–Kier alpha value is -1.50. The summed E-state index contributed by atoms with van der Waals surface area (Å²) in [6.45, 7) is 4.55. The van der Waals surface area contributed by atoms with E-state index in [-0.39, 0.29) is 5.91 Å². The first-order valence-electron chi connectivity index (χ1n) is 8.96. The molecular weight excluding hydrogens is 421 g/mol. The molecule has 0 radical (unpaired) electrons. The second-order valence-corrected chi connectivity index (χ2v) is 7.94. The highest BCUT2D eigenvalue weighted by Crippen LogP contribution is 2.27. The van der Waals surface area contributed by atoms with Crippen molar-refractivity contribution in [2.45, 2.75) is 6.54 Å². The molecule has 2 aromatic carbocycles. The number of piperazine rings is 1. The standard InChI is InChI=1S/C20H22Cl3N3O2/c1-28-19-5-3-15(21)11-18(19)24-20(27)13-26-8-6-25(7-9-26)12-14-2-4-16(22)17(23)10-14/h2-5,10-11H,6-9,12-13H2,1H3,(H,24,27). The summed E-state index contributed by atoms with van der Waals surface area (Å²) in [7, 11) is 1.56. The van der Waals surface area contributed by atoms with E-state index in [9.17, 15) is 4.79 Å². The second kappa shape index (κ2) is 9.81. The van der Waals surface area contributed by atoms with Crippen LogP contribution in [0, 0.1) is 0 Å². The fourth-order valence-electron chi connectivity index (χ4n) is 3.17. The van der Waals surface area contributed by atoms with Gasteiger partial charge >= 0.3 is 0 Å². The van der Waals surface area contributed by atoms with E-state index in [4.69, 9.17) is 39.5 Å². The molecule has 1 aliphatic heterocycles. The predicted molar refractivity (Wildman–Crippen MR) is 115 cm³/mol. The van der Waals surface area contributed by atoms with Gasteiger partial charge in [-0.25, -0.2) is 0 Å². The number of anilines is 1.